The van der Waals surface area contributed by atoms with Crippen molar-refractivity contribution in [2.24, 2.45) is 0 Å². The molecule has 4 rings (SSSR count). The normalized spacial score (nSPS) is 20.6. The van der Waals surface area contributed by atoms with Gasteiger partial charge in [0.2, 0.25) is 11.6 Å². The third kappa shape index (κ3) is 2.07. The zero-order valence-corrected chi connectivity index (χ0v) is 12.2. The molecule has 1 aliphatic heterocycles. The number of carbonyl (C=O) groups excluding carboxylic acids is 1. The Balaban J connectivity index is 1.85. The molecule has 6 nitrogen and oxygen atoms in total. The van der Waals surface area contributed by atoms with Crippen molar-refractivity contribution in [1.82, 2.24) is 10.3 Å². The van der Waals surface area contributed by atoms with Gasteiger partial charge < -0.3 is 10.6 Å². The van der Waals surface area contributed by atoms with E-state index in [0.717, 1.165) is 29.7 Å². The molecule has 0 radical (unpaired) electrons. The summed E-state index contributed by atoms with van der Waals surface area (Å²) in [5, 5.41) is 14.3. The van der Waals surface area contributed by atoms with E-state index in [1.165, 1.54) is 5.56 Å². The first-order valence-corrected chi connectivity index (χ1v) is 7.41. The van der Waals surface area contributed by atoms with Crippen LogP contribution >= 0.6 is 0 Å². The van der Waals surface area contributed by atoms with Crippen molar-refractivity contribution in [1.29, 1.82) is 0 Å². The predicted molar refractivity (Wildman–Crippen MR) is 81.3 cm³/mol. The number of nitrogens with zero attached hydrogens (tertiary/aromatic N) is 2. The lowest BCUT2D eigenvalue weighted by Crippen LogP contribution is -2.23. The fourth-order valence-corrected chi connectivity index (χ4v) is 3.05. The standard InChI is InChI=1S/C16H16N4O2/c1-9-5-7-10(8-6-9)14-13-11(3-2-4-12(13)21)17-15-16(18-14)20-22-19-15/h5-8,14H,2-4H2,1H3,(H,17,19)(H,18,20)/t14-/m1/s1. The number of ketones is 1. The van der Waals surface area contributed by atoms with Crippen LogP contribution in [0, 0.1) is 6.92 Å². The van der Waals surface area contributed by atoms with Crippen molar-refractivity contribution in [3.8, 4) is 0 Å². The minimum atomic E-state index is -0.232. The van der Waals surface area contributed by atoms with Gasteiger partial charge in [0, 0.05) is 17.7 Å². The van der Waals surface area contributed by atoms with Gasteiger partial charge in [-0.1, -0.05) is 29.8 Å². The topological polar surface area (TPSA) is 80.1 Å². The number of carbonyl (C=O) groups is 1. The van der Waals surface area contributed by atoms with Crippen LogP contribution in [0.25, 0.3) is 0 Å². The first-order chi connectivity index (χ1) is 10.7. The summed E-state index contributed by atoms with van der Waals surface area (Å²) in [6.07, 6.45) is 2.27. The van der Waals surface area contributed by atoms with Gasteiger partial charge in [0.1, 0.15) is 0 Å². The maximum Gasteiger partial charge on any atom is 0.219 e. The number of benzene rings is 1. The number of hydrogen-bond acceptors (Lipinski definition) is 6. The van der Waals surface area contributed by atoms with E-state index in [0.29, 0.717) is 18.1 Å². The van der Waals surface area contributed by atoms with Gasteiger partial charge in [0.25, 0.3) is 0 Å². The molecule has 1 atom stereocenters. The van der Waals surface area contributed by atoms with Gasteiger partial charge in [-0.05, 0) is 35.6 Å². The van der Waals surface area contributed by atoms with Crippen LogP contribution in [-0.4, -0.2) is 16.1 Å². The first kappa shape index (κ1) is 13.1. The molecule has 22 heavy (non-hydrogen) atoms. The number of hydrogen-bond donors (Lipinski definition) is 2. The summed E-state index contributed by atoms with van der Waals surface area (Å²) in [6, 6.07) is 7.94. The third-order valence-electron chi connectivity index (χ3n) is 4.19. The monoisotopic (exact) mass is 296 g/mol. The van der Waals surface area contributed by atoms with Gasteiger partial charge in [-0.15, -0.1) is 0 Å². The van der Waals surface area contributed by atoms with Crippen molar-refractivity contribution in [3.05, 3.63) is 46.7 Å². The zero-order valence-electron chi connectivity index (χ0n) is 12.2. The van der Waals surface area contributed by atoms with Crippen LogP contribution in [0.5, 0.6) is 0 Å². The van der Waals surface area contributed by atoms with Crippen molar-refractivity contribution in [2.75, 3.05) is 10.6 Å². The Hall–Kier alpha value is -2.63. The summed E-state index contributed by atoms with van der Waals surface area (Å²) >= 11 is 0. The molecular formula is C16H16N4O2. The van der Waals surface area contributed by atoms with Gasteiger partial charge >= 0.3 is 0 Å². The highest BCUT2D eigenvalue weighted by Gasteiger charge is 2.33. The van der Waals surface area contributed by atoms with Crippen molar-refractivity contribution in [2.45, 2.75) is 32.2 Å². The van der Waals surface area contributed by atoms with E-state index < -0.39 is 0 Å². The van der Waals surface area contributed by atoms with E-state index in [9.17, 15) is 4.79 Å². The molecule has 0 saturated heterocycles. The highest BCUT2D eigenvalue weighted by atomic mass is 16.6. The lowest BCUT2D eigenvalue weighted by atomic mass is 9.86. The van der Waals surface area contributed by atoms with E-state index >= 15 is 0 Å². The molecule has 0 unspecified atom stereocenters. The van der Waals surface area contributed by atoms with Crippen LogP contribution in [0.3, 0.4) is 0 Å². The highest BCUT2D eigenvalue weighted by molar-refractivity contribution is 6.00. The fraction of sp³-hybridized carbons (Fsp3) is 0.312. The van der Waals surface area contributed by atoms with Crippen molar-refractivity contribution >= 4 is 17.4 Å². The van der Waals surface area contributed by atoms with E-state index in [1.807, 2.05) is 31.2 Å². The molecule has 1 aromatic carbocycles. The number of nitrogens with one attached hydrogen (secondary N) is 2. The van der Waals surface area contributed by atoms with Gasteiger partial charge in [-0.25, -0.2) is 4.63 Å². The van der Waals surface area contributed by atoms with Crippen molar-refractivity contribution < 1.29 is 9.42 Å². The minimum absolute atomic E-state index is 0.175. The van der Waals surface area contributed by atoms with E-state index in [4.69, 9.17) is 4.63 Å². The number of fused-ring (bicyclic) bond motifs is 1. The minimum Gasteiger partial charge on any atom is -0.353 e. The average Bonchev–Trinajstić information content (AvgIpc) is 2.87. The second-order valence-corrected chi connectivity index (χ2v) is 5.74. The summed E-state index contributed by atoms with van der Waals surface area (Å²) in [7, 11) is 0. The largest absolute Gasteiger partial charge is 0.353 e. The second-order valence-electron chi connectivity index (χ2n) is 5.74. The molecule has 0 saturated carbocycles. The molecule has 0 spiro atoms. The molecule has 6 heteroatoms. The van der Waals surface area contributed by atoms with Crippen LogP contribution < -0.4 is 10.6 Å². The maximum atomic E-state index is 12.5. The van der Waals surface area contributed by atoms with Crippen LogP contribution in [0.4, 0.5) is 11.6 Å². The summed E-state index contributed by atoms with van der Waals surface area (Å²) in [6.45, 7) is 2.04. The average molecular weight is 296 g/mol. The number of aromatic nitrogens is 2. The molecule has 0 bridgehead atoms. The summed E-state index contributed by atoms with van der Waals surface area (Å²) in [4.78, 5) is 12.5. The molecule has 2 aromatic rings. The van der Waals surface area contributed by atoms with Crippen LogP contribution in [0.1, 0.15) is 36.4 Å². The predicted octanol–water partition coefficient (Wildman–Crippen LogP) is 2.96. The van der Waals surface area contributed by atoms with Crippen LogP contribution in [0.15, 0.2) is 40.2 Å². The van der Waals surface area contributed by atoms with E-state index in [1.54, 1.807) is 0 Å². The molecule has 0 amide bonds. The Morgan fingerprint density at radius 2 is 1.91 bits per heavy atom. The number of rotatable bonds is 1. The number of anilines is 2. The molecule has 2 N–H and O–H groups in total. The number of aryl methyl sites for hydroxylation is 1. The smallest absolute Gasteiger partial charge is 0.219 e. The molecule has 1 aromatic heterocycles. The SMILES string of the molecule is Cc1ccc([C@H]2Nc3nonc3NC3=C2C(=O)CCC3)cc1. The maximum absolute atomic E-state index is 12.5. The summed E-state index contributed by atoms with van der Waals surface area (Å²) in [5.74, 6) is 1.25. The number of allylic oxidation sites excluding steroid dienone is 1. The molecule has 112 valence electrons. The van der Waals surface area contributed by atoms with E-state index in [2.05, 4.69) is 20.9 Å². The summed E-state index contributed by atoms with van der Waals surface area (Å²) in [5.41, 5.74) is 3.92. The third-order valence-corrected chi connectivity index (χ3v) is 4.19. The van der Waals surface area contributed by atoms with Gasteiger partial charge in [0.05, 0.1) is 6.04 Å². The molecule has 2 aliphatic rings. The fourth-order valence-electron chi connectivity index (χ4n) is 3.05. The van der Waals surface area contributed by atoms with Crippen LogP contribution in [-0.2, 0) is 4.79 Å². The lowest BCUT2D eigenvalue weighted by Gasteiger charge is -2.25. The molecular weight excluding hydrogens is 280 g/mol. The molecule has 1 aliphatic carbocycles. The molecule has 0 fully saturated rings. The molecule has 2 heterocycles. The Bertz CT molecular complexity index is 761. The van der Waals surface area contributed by atoms with Gasteiger partial charge in [0.15, 0.2) is 5.78 Å². The van der Waals surface area contributed by atoms with Crippen LogP contribution in [0.2, 0.25) is 0 Å². The Morgan fingerprint density at radius 3 is 2.73 bits per heavy atom. The zero-order chi connectivity index (χ0) is 15.1. The number of Topliss-reactive ketones (excluding diaryl/α,β-unsaturated/α-hetero) is 1. The Kier molecular flexibility index (Phi) is 2.96. The lowest BCUT2D eigenvalue weighted by molar-refractivity contribution is -0.116. The highest BCUT2D eigenvalue weighted by Crippen LogP contribution is 2.39. The first-order valence-electron chi connectivity index (χ1n) is 7.41. The Labute approximate surface area is 127 Å². The van der Waals surface area contributed by atoms with Gasteiger partial charge in [-0.3, -0.25) is 4.79 Å². The quantitative estimate of drug-likeness (QED) is 0.842. The van der Waals surface area contributed by atoms with Gasteiger partial charge in [-0.2, -0.15) is 0 Å². The van der Waals surface area contributed by atoms with Crippen molar-refractivity contribution in [3.63, 3.8) is 0 Å². The van der Waals surface area contributed by atoms with E-state index in [-0.39, 0.29) is 11.8 Å². The Morgan fingerprint density at radius 1 is 1.14 bits per heavy atom. The second kappa shape index (κ2) is 4.98. The summed E-state index contributed by atoms with van der Waals surface area (Å²) < 4.78 is 4.80.